The van der Waals surface area contributed by atoms with Crippen molar-refractivity contribution in [3.63, 3.8) is 0 Å². The molecule has 78 valence electrons. The van der Waals surface area contributed by atoms with Crippen molar-refractivity contribution >= 4 is 0 Å². The van der Waals surface area contributed by atoms with Crippen LogP contribution in [0.25, 0.3) is 0 Å². The van der Waals surface area contributed by atoms with Crippen molar-refractivity contribution < 1.29 is 5.11 Å². The zero-order valence-electron chi connectivity index (χ0n) is 9.72. The predicted molar refractivity (Wildman–Crippen MR) is 56.6 cm³/mol. The van der Waals surface area contributed by atoms with Crippen LogP contribution >= 0.6 is 0 Å². The third-order valence-electron chi connectivity index (χ3n) is 3.26. The van der Waals surface area contributed by atoms with E-state index in [1.165, 1.54) is 12.8 Å². The first-order valence-corrected chi connectivity index (χ1v) is 5.42. The van der Waals surface area contributed by atoms with E-state index in [1.807, 2.05) is 13.8 Å². The van der Waals surface area contributed by atoms with Crippen LogP contribution in [0.1, 0.15) is 53.9 Å². The Bertz CT molecular complexity index is 176. The highest BCUT2D eigenvalue weighted by Crippen LogP contribution is 2.47. The quantitative estimate of drug-likeness (QED) is 0.698. The molecule has 1 rings (SSSR count). The number of rotatable bonds is 2. The Labute approximate surface area is 82.5 Å². The molecular weight excluding hydrogens is 160 g/mol. The summed E-state index contributed by atoms with van der Waals surface area (Å²) in [7, 11) is 0. The fourth-order valence-electron chi connectivity index (χ4n) is 2.95. The zero-order valence-corrected chi connectivity index (χ0v) is 9.72. The molecular formula is C12H24O. The molecule has 0 spiro atoms. The molecule has 1 N–H and O–H groups in total. The molecule has 0 aromatic heterocycles. The molecule has 1 aliphatic carbocycles. The first kappa shape index (κ1) is 11.0. The molecule has 1 nitrogen and oxygen atoms in total. The molecule has 2 atom stereocenters. The molecule has 1 aliphatic rings. The van der Waals surface area contributed by atoms with E-state index in [1.54, 1.807) is 0 Å². The molecule has 0 aromatic rings. The molecule has 0 radical (unpaired) electrons. The van der Waals surface area contributed by atoms with Crippen molar-refractivity contribution in [1.82, 2.24) is 0 Å². The average molecular weight is 184 g/mol. The van der Waals surface area contributed by atoms with Crippen LogP contribution in [0, 0.1) is 17.3 Å². The van der Waals surface area contributed by atoms with Gasteiger partial charge >= 0.3 is 0 Å². The Morgan fingerprint density at radius 1 is 1.31 bits per heavy atom. The van der Waals surface area contributed by atoms with E-state index >= 15 is 0 Å². The first-order valence-electron chi connectivity index (χ1n) is 5.42. The van der Waals surface area contributed by atoms with Gasteiger partial charge in [0.15, 0.2) is 0 Å². The van der Waals surface area contributed by atoms with Crippen LogP contribution in [0.5, 0.6) is 0 Å². The lowest BCUT2D eigenvalue weighted by Crippen LogP contribution is -2.24. The normalized spacial score (nSPS) is 33.7. The Balaban J connectivity index is 2.54. The molecule has 0 amide bonds. The Kier molecular flexibility index (Phi) is 2.78. The highest BCUT2D eigenvalue weighted by Gasteiger charge is 2.38. The van der Waals surface area contributed by atoms with Crippen molar-refractivity contribution in [3.05, 3.63) is 0 Å². The fourth-order valence-corrected chi connectivity index (χ4v) is 2.95. The maximum atomic E-state index is 9.77. The van der Waals surface area contributed by atoms with Crippen molar-refractivity contribution in [3.8, 4) is 0 Å². The fraction of sp³-hybridized carbons (Fsp3) is 1.00. The van der Waals surface area contributed by atoms with Crippen molar-refractivity contribution in [2.24, 2.45) is 17.3 Å². The SMILES string of the molecule is CC1CC(C)(C)CC1CC(C)(C)O. The summed E-state index contributed by atoms with van der Waals surface area (Å²) in [4.78, 5) is 0. The molecule has 1 saturated carbocycles. The predicted octanol–water partition coefficient (Wildman–Crippen LogP) is 3.22. The zero-order chi connectivity index (χ0) is 10.3. The van der Waals surface area contributed by atoms with Gasteiger partial charge in [0.2, 0.25) is 0 Å². The van der Waals surface area contributed by atoms with Crippen molar-refractivity contribution in [2.75, 3.05) is 0 Å². The lowest BCUT2D eigenvalue weighted by molar-refractivity contribution is 0.0460. The smallest absolute Gasteiger partial charge is 0.0594 e. The molecule has 13 heavy (non-hydrogen) atoms. The first-order chi connectivity index (χ1) is 5.70. The van der Waals surface area contributed by atoms with Gasteiger partial charge in [0.25, 0.3) is 0 Å². The average Bonchev–Trinajstić information content (AvgIpc) is 2.00. The largest absolute Gasteiger partial charge is 0.390 e. The van der Waals surface area contributed by atoms with E-state index in [-0.39, 0.29) is 0 Å². The molecule has 0 bridgehead atoms. The molecule has 0 saturated heterocycles. The Hall–Kier alpha value is -0.0400. The lowest BCUT2D eigenvalue weighted by Gasteiger charge is -2.25. The van der Waals surface area contributed by atoms with Gasteiger partial charge in [0.05, 0.1) is 5.60 Å². The molecule has 1 heteroatoms. The second kappa shape index (κ2) is 3.27. The van der Waals surface area contributed by atoms with Crippen LogP contribution in [-0.4, -0.2) is 10.7 Å². The van der Waals surface area contributed by atoms with Gasteiger partial charge in [-0.3, -0.25) is 0 Å². The maximum Gasteiger partial charge on any atom is 0.0594 e. The van der Waals surface area contributed by atoms with Gasteiger partial charge in [0.1, 0.15) is 0 Å². The summed E-state index contributed by atoms with van der Waals surface area (Å²) in [5.41, 5.74) is 0.00861. The summed E-state index contributed by atoms with van der Waals surface area (Å²) < 4.78 is 0. The van der Waals surface area contributed by atoms with Crippen LogP contribution in [0.2, 0.25) is 0 Å². The van der Waals surface area contributed by atoms with Gasteiger partial charge < -0.3 is 5.11 Å². The van der Waals surface area contributed by atoms with E-state index in [0.717, 1.165) is 18.3 Å². The van der Waals surface area contributed by atoms with Gasteiger partial charge in [0, 0.05) is 0 Å². The van der Waals surface area contributed by atoms with E-state index in [4.69, 9.17) is 0 Å². The van der Waals surface area contributed by atoms with E-state index < -0.39 is 5.60 Å². The van der Waals surface area contributed by atoms with Crippen molar-refractivity contribution in [2.45, 2.75) is 59.5 Å². The monoisotopic (exact) mass is 184 g/mol. The summed E-state index contributed by atoms with van der Waals surface area (Å²) in [5, 5.41) is 9.77. The summed E-state index contributed by atoms with van der Waals surface area (Å²) in [5.74, 6) is 1.50. The molecule has 0 aromatic carbocycles. The summed E-state index contributed by atoms with van der Waals surface area (Å²) in [6, 6.07) is 0. The number of hydrogen-bond acceptors (Lipinski definition) is 1. The maximum absolute atomic E-state index is 9.77. The van der Waals surface area contributed by atoms with Gasteiger partial charge in [-0.25, -0.2) is 0 Å². The lowest BCUT2D eigenvalue weighted by atomic mass is 9.86. The number of hydrogen-bond donors (Lipinski definition) is 1. The van der Waals surface area contributed by atoms with Gasteiger partial charge in [-0.1, -0.05) is 20.8 Å². The highest BCUT2D eigenvalue weighted by molar-refractivity contribution is 4.89. The summed E-state index contributed by atoms with van der Waals surface area (Å²) in [6.45, 7) is 10.9. The second-order valence-electron chi connectivity index (χ2n) is 6.33. The van der Waals surface area contributed by atoms with E-state index in [9.17, 15) is 5.11 Å². The molecule has 0 aliphatic heterocycles. The summed E-state index contributed by atoms with van der Waals surface area (Å²) >= 11 is 0. The van der Waals surface area contributed by atoms with Crippen molar-refractivity contribution in [1.29, 1.82) is 0 Å². The second-order valence-corrected chi connectivity index (χ2v) is 6.33. The van der Waals surface area contributed by atoms with Crippen LogP contribution < -0.4 is 0 Å². The number of aliphatic hydroxyl groups is 1. The third-order valence-corrected chi connectivity index (χ3v) is 3.26. The van der Waals surface area contributed by atoms with E-state index in [2.05, 4.69) is 20.8 Å². The Morgan fingerprint density at radius 2 is 1.85 bits per heavy atom. The van der Waals surface area contributed by atoms with Gasteiger partial charge in [-0.05, 0) is 50.4 Å². The minimum absolute atomic E-state index is 0.487. The molecule has 0 heterocycles. The standard InChI is InChI=1S/C12H24O/c1-9-6-11(2,3)7-10(9)8-12(4,5)13/h9-10,13H,6-8H2,1-5H3. The third kappa shape index (κ3) is 3.30. The summed E-state index contributed by atoms with van der Waals surface area (Å²) in [6.07, 6.45) is 3.55. The van der Waals surface area contributed by atoms with Crippen LogP contribution in [0.15, 0.2) is 0 Å². The Morgan fingerprint density at radius 3 is 2.15 bits per heavy atom. The van der Waals surface area contributed by atoms with Crippen LogP contribution in [0.3, 0.4) is 0 Å². The molecule has 2 unspecified atom stereocenters. The minimum atomic E-state index is -0.487. The van der Waals surface area contributed by atoms with Crippen LogP contribution in [-0.2, 0) is 0 Å². The minimum Gasteiger partial charge on any atom is -0.390 e. The van der Waals surface area contributed by atoms with Gasteiger partial charge in [-0.15, -0.1) is 0 Å². The highest BCUT2D eigenvalue weighted by atomic mass is 16.3. The van der Waals surface area contributed by atoms with Crippen LogP contribution in [0.4, 0.5) is 0 Å². The van der Waals surface area contributed by atoms with Gasteiger partial charge in [-0.2, -0.15) is 0 Å². The topological polar surface area (TPSA) is 20.2 Å². The van der Waals surface area contributed by atoms with E-state index in [0.29, 0.717) is 5.41 Å². The molecule has 1 fully saturated rings.